The minimum absolute atomic E-state index is 0.126. The normalized spacial score (nSPS) is 18.7. The van der Waals surface area contributed by atoms with Crippen molar-refractivity contribution in [2.24, 2.45) is 5.41 Å². The summed E-state index contributed by atoms with van der Waals surface area (Å²) >= 11 is 3.38. The number of hydrogen-bond donors (Lipinski definition) is 2. The van der Waals surface area contributed by atoms with E-state index < -0.39 is 0 Å². The molecule has 1 saturated heterocycles. The number of halogens is 1. The van der Waals surface area contributed by atoms with Gasteiger partial charge < -0.3 is 10.6 Å². The highest BCUT2D eigenvalue weighted by Crippen LogP contribution is 2.29. The molecule has 0 unspecified atom stereocenters. The van der Waals surface area contributed by atoms with E-state index in [0.717, 1.165) is 36.1 Å². The van der Waals surface area contributed by atoms with Crippen LogP contribution in [0.3, 0.4) is 0 Å². The first kappa shape index (κ1) is 12.6. The zero-order valence-corrected chi connectivity index (χ0v) is 11.5. The van der Waals surface area contributed by atoms with Crippen LogP contribution in [0.15, 0.2) is 28.7 Å². The molecule has 0 saturated carbocycles. The van der Waals surface area contributed by atoms with E-state index in [4.69, 9.17) is 0 Å². The van der Waals surface area contributed by atoms with E-state index in [9.17, 15) is 4.79 Å². The fourth-order valence-electron chi connectivity index (χ4n) is 2.02. The maximum absolute atomic E-state index is 12.2. The highest BCUT2D eigenvalue weighted by Gasteiger charge is 2.34. The number of rotatable bonds is 2. The Bertz CT molecular complexity index is 396. The minimum atomic E-state index is -0.238. The van der Waals surface area contributed by atoms with E-state index in [1.54, 1.807) is 0 Å². The summed E-state index contributed by atoms with van der Waals surface area (Å²) < 4.78 is 1.02. The molecule has 0 bridgehead atoms. The standard InChI is InChI=1S/C13H17BrN2O/c1-13(6-8-15-9-7-13)12(17)16-11-4-2-10(14)3-5-11/h2-5,15H,6-9H2,1H3,(H,16,17). The van der Waals surface area contributed by atoms with Gasteiger partial charge in [0.05, 0.1) is 0 Å². The topological polar surface area (TPSA) is 41.1 Å². The van der Waals surface area contributed by atoms with Crippen LogP contribution in [0.4, 0.5) is 5.69 Å². The van der Waals surface area contributed by atoms with Gasteiger partial charge in [0.15, 0.2) is 0 Å². The van der Waals surface area contributed by atoms with Crippen LogP contribution < -0.4 is 10.6 Å². The van der Waals surface area contributed by atoms with Crippen LogP contribution in [0.1, 0.15) is 19.8 Å². The predicted octanol–water partition coefficient (Wildman–Crippen LogP) is 2.78. The zero-order valence-electron chi connectivity index (χ0n) is 9.92. The van der Waals surface area contributed by atoms with Crippen LogP contribution >= 0.6 is 15.9 Å². The Labute approximate surface area is 110 Å². The third-order valence-corrected chi connectivity index (χ3v) is 3.89. The SMILES string of the molecule is CC1(C(=O)Nc2ccc(Br)cc2)CCNCC1. The van der Waals surface area contributed by atoms with Gasteiger partial charge in [0, 0.05) is 15.6 Å². The summed E-state index contributed by atoms with van der Waals surface area (Å²) in [5.41, 5.74) is 0.621. The second kappa shape index (κ2) is 5.19. The van der Waals surface area contributed by atoms with Crippen LogP contribution in [-0.4, -0.2) is 19.0 Å². The van der Waals surface area contributed by atoms with Crippen LogP contribution in [0.2, 0.25) is 0 Å². The summed E-state index contributed by atoms with van der Waals surface area (Å²) in [5, 5.41) is 6.27. The highest BCUT2D eigenvalue weighted by atomic mass is 79.9. The van der Waals surface area contributed by atoms with Gasteiger partial charge in [-0.1, -0.05) is 22.9 Å². The highest BCUT2D eigenvalue weighted by molar-refractivity contribution is 9.10. The van der Waals surface area contributed by atoms with E-state index in [0.29, 0.717) is 0 Å². The Morgan fingerprint density at radius 1 is 1.29 bits per heavy atom. The second-order valence-electron chi connectivity index (χ2n) is 4.77. The van der Waals surface area contributed by atoms with Crippen molar-refractivity contribution in [1.82, 2.24) is 5.32 Å². The van der Waals surface area contributed by atoms with Crippen LogP contribution in [0.5, 0.6) is 0 Å². The van der Waals surface area contributed by atoms with E-state index in [2.05, 4.69) is 26.6 Å². The molecule has 4 heteroatoms. The summed E-state index contributed by atoms with van der Waals surface area (Å²) in [5.74, 6) is 0.126. The lowest BCUT2D eigenvalue weighted by molar-refractivity contribution is -0.126. The number of piperidine rings is 1. The zero-order chi connectivity index (χ0) is 12.3. The molecule has 2 N–H and O–H groups in total. The average Bonchev–Trinajstić information content (AvgIpc) is 2.33. The first-order valence-corrected chi connectivity index (χ1v) is 6.67. The molecule has 0 radical (unpaired) electrons. The van der Waals surface area contributed by atoms with Crippen molar-refractivity contribution in [2.45, 2.75) is 19.8 Å². The lowest BCUT2D eigenvalue weighted by atomic mass is 9.80. The maximum atomic E-state index is 12.2. The molecule has 1 amide bonds. The quantitative estimate of drug-likeness (QED) is 0.881. The molecule has 2 rings (SSSR count). The smallest absolute Gasteiger partial charge is 0.230 e. The number of anilines is 1. The fourth-order valence-corrected chi connectivity index (χ4v) is 2.29. The van der Waals surface area contributed by atoms with Crippen molar-refractivity contribution in [1.29, 1.82) is 0 Å². The number of nitrogens with one attached hydrogen (secondary N) is 2. The number of benzene rings is 1. The summed E-state index contributed by atoms with van der Waals surface area (Å²) in [6.45, 7) is 3.89. The van der Waals surface area contributed by atoms with Crippen molar-refractivity contribution < 1.29 is 4.79 Å². The molecule has 1 aliphatic heterocycles. The third kappa shape index (κ3) is 3.07. The minimum Gasteiger partial charge on any atom is -0.326 e. The molecule has 1 fully saturated rings. The third-order valence-electron chi connectivity index (χ3n) is 3.36. The van der Waals surface area contributed by atoms with Gasteiger partial charge in [-0.25, -0.2) is 0 Å². The summed E-state index contributed by atoms with van der Waals surface area (Å²) in [4.78, 5) is 12.2. The predicted molar refractivity (Wildman–Crippen MR) is 73.0 cm³/mol. The van der Waals surface area contributed by atoms with Gasteiger partial charge in [0.25, 0.3) is 0 Å². The van der Waals surface area contributed by atoms with E-state index in [1.807, 2.05) is 31.2 Å². The van der Waals surface area contributed by atoms with Gasteiger partial charge in [0.1, 0.15) is 0 Å². The Kier molecular flexibility index (Phi) is 3.84. The van der Waals surface area contributed by atoms with Crippen molar-refractivity contribution in [3.63, 3.8) is 0 Å². The molecule has 1 aromatic carbocycles. The molecule has 0 spiro atoms. The number of hydrogen-bond acceptors (Lipinski definition) is 2. The lowest BCUT2D eigenvalue weighted by Gasteiger charge is -2.32. The average molecular weight is 297 g/mol. The van der Waals surface area contributed by atoms with Gasteiger partial charge in [-0.15, -0.1) is 0 Å². The van der Waals surface area contributed by atoms with Crippen molar-refractivity contribution >= 4 is 27.5 Å². The monoisotopic (exact) mass is 296 g/mol. The molecule has 17 heavy (non-hydrogen) atoms. The molecule has 92 valence electrons. The second-order valence-corrected chi connectivity index (χ2v) is 5.69. The molecular weight excluding hydrogens is 280 g/mol. The van der Waals surface area contributed by atoms with Gasteiger partial charge in [-0.3, -0.25) is 4.79 Å². The summed E-state index contributed by atoms with van der Waals surface area (Å²) in [6, 6.07) is 7.68. The van der Waals surface area contributed by atoms with Crippen LogP contribution in [-0.2, 0) is 4.79 Å². The molecule has 0 aromatic heterocycles. The van der Waals surface area contributed by atoms with Crippen molar-refractivity contribution in [2.75, 3.05) is 18.4 Å². The molecule has 0 atom stereocenters. The fraction of sp³-hybridized carbons (Fsp3) is 0.462. The van der Waals surface area contributed by atoms with Gasteiger partial charge in [-0.05, 0) is 50.2 Å². The Morgan fingerprint density at radius 3 is 2.47 bits per heavy atom. The number of carbonyl (C=O) groups excluding carboxylic acids is 1. The molecule has 0 aliphatic carbocycles. The largest absolute Gasteiger partial charge is 0.326 e. The van der Waals surface area contributed by atoms with Crippen LogP contribution in [0.25, 0.3) is 0 Å². The van der Waals surface area contributed by atoms with Crippen molar-refractivity contribution in [3.8, 4) is 0 Å². The Morgan fingerprint density at radius 2 is 1.88 bits per heavy atom. The lowest BCUT2D eigenvalue weighted by Crippen LogP contribution is -2.42. The van der Waals surface area contributed by atoms with E-state index in [-0.39, 0.29) is 11.3 Å². The Balaban J connectivity index is 2.03. The maximum Gasteiger partial charge on any atom is 0.230 e. The summed E-state index contributed by atoms with van der Waals surface area (Å²) in [7, 11) is 0. The van der Waals surface area contributed by atoms with Gasteiger partial charge >= 0.3 is 0 Å². The number of amides is 1. The Hall–Kier alpha value is -0.870. The summed E-state index contributed by atoms with van der Waals surface area (Å²) in [6.07, 6.45) is 1.80. The first-order chi connectivity index (χ1) is 8.10. The molecule has 1 aromatic rings. The van der Waals surface area contributed by atoms with Crippen molar-refractivity contribution in [3.05, 3.63) is 28.7 Å². The molecule has 1 heterocycles. The molecule has 3 nitrogen and oxygen atoms in total. The molecule has 1 aliphatic rings. The van der Waals surface area contributed by atoms with E-state index >= 15 is 0 Å². The van der Waals surface area contributed by atoms with Gasteiger partial charge in [0.2, 0.25) is 5.91 Å². The number of carbonyl (C=O) groups is 1. The van der Waals surface area contributed by atoms with Gasteiger partial charge in [-0.2, -0.15) is 0 Å². The first-order valence-electron chi connectivity index (χ1n) is 5.88. The molecular formula is C13H17BrN2O. The van der Waals surface area contributed by atoms with Crippen LogP contribution in [0, 0.1) is 5.41 Å². The van der Waals surface area contributed by atoms with E-state index in [1.165, 1.54) is 0 Å².